The van der Waals surface area contributed by atoms with E-state index in [0.29, 0.717) is 0 Å². The second-order valence-electron chi connectivity index (χ2n) is 4.17. The van der Waals surface area contributed by atoms with Crippen molar-refractivity contribution in [1.82, 2.24) is 5.32 Å². The molecule has 0 saturated carbocycles. The molecule has 80 valence electrons. The summed E-state index contributed by atoms with van der Waals surface area (Å²) in [6, 6.07) is 6.15. The summed E-state index contributed by atoms with van der Waals surface area (Å²) in [5.41, 5.74) is -0.392. The van der Waals surface area contributed by atoms with Gasteiger partial charge in [-0.3, -0.25) is 4.79 Å². The van der Waals surface area contributed by atoms with Crippen LogP contribution in [-0.4, -0.2) is 17.9 Å². The van der Waals surface area contributed by atoms with Gasteiger partial charge in [0.2, 0.25) is 0 Å². The van der Waals surface area contributed by atoms with E-state index in [4.69, 9.17) is 0 Å². The average Bonchev–Trinajstić information content (AvgIpc) is 2.66. The van der Waals surface area contributed by atoms with Crippen LogP contribution in [0.3, 0.4) is 0 Å². The molecule has 15 heavy (non-hydrogen) atoms. The monoisotopic (exact) mass is 207 g/mol. The molecular weight excluding hydrogens is 193 g/mol. The number of rotatable bonds is 2. The summed E-state index contributed by atoms with van der Waals surface area (Å²) in [6.45, 7) is 2.67. The van der Waals surface area contributed by atoms with Crippen molar-refractivity contribution in [3.8, 4) is 0 Å². The lowest BCUT2D eigenvalue weighted by Crippen LogP contribution is -2.44. The minimum absolute atomic E-state index is 0.141. The number of ketones is 1. The van der Waals surface area contributed by atoms with E-state index in [1.807, 2.05) is 6.92 Å². The Morgan fingerprint density at radius 2 is 2.20 bits per heavy atom. The maximum absolute atomic E-state index is 13.4. The molecule has 3 heteroatoms. The molecule has 1 aromatic carbocycles. The number of halogens is 1. The molecule has 2 rings (SSSR count). The van der Waals surface area contributed by atoms with Crippen LogP contribution in [0.1, 0.15) is 30.1 Å². The minimum atomic E-state index is -0.581. The number of carbonyl (C=O) groups excluding carboxylic acids is 1. The fourth-order valence-corrected chi connectivity index (χ4v) is 2.03. The molecule has 1 unspecified atom stereocenters. The van der Waals surface area contributed by atoms with Crippen molar-refractivity contribution in [3.63, 3.8) is 0 Å². The van der Waals surface area contributed by atoms with Crippen LogP contribution in [0.25, 0.3) is 0 Å². The molecule has 0 spiro atoms. The number of benzene rings is 1. The van der Waals surface area contributed by atoms with Gasteiger partial charge in [-0.15, -0.1) is 0 Å². The van der Waals surface area contributed by atoms with Crippen LogP contribution in [0, 0.1) is 5.82 Å². The smallest absolute Gasteiger partial charge is 0.185 e. The van der Waals surface area contributed by atoms with Gasteiger partial charge < -0.3 is 5.32 Å². The highest BCUT2D eigenvalue weighted by Gasteiger charge is 2.37. The largest absolute Gasteiger partial charge is 0.305 e. The molecular formula is C12H14FNO. The predicted octanol–water partition coefficient (Wildman–Crippen LogP) is 2.15. The van der Waals surface area contributed by atoms with Crippen LogP contribution in [0.4, 0.5) is 4.39 Å². The van der Waals surface area contributed by atoms with Gasteiger partial charge >= 0.3 is 0 Å². The van der Waals surface area contributed by atoms with Crippen LogP contribution in [0.15, 0.2) is 24.3 Å². The lowest BCUT2D eigenvalue weighted by molar-refractivity contribution is 0.0880. The van der Waals surface area contributed by atoms with Crippen molar-refractivity contribution >= 4 is 5.78 Å². The summed E-state index contributed by atoms with van der Waals surface area (Å²) in [7, 11) is 0. The van der Waals surface area contributed by atoms with Crippen LogP contribution >= 0.6 is 0 Å². The van der Waals surface area contributed by atoms with Crippen molar-refractivity contribution in [1.29, 1.82) is 0 Å². The number of Topliss-reactive ketones (excluding diaryl/α,β-unsaturated/α-hetero) is 1. The first-order chi connectivity index (χ1) is 7.13. The van der Waals surface area contributed by atoms with Crippen LogP contribution in [0.2, 0.25) is 0 Å². The molecule has 0 bridgehead atoms. The fourth-order valence-electron chi connectivity index (χ4n) is 2.03. The Kier molecular flexibility index (Phi) is 2.57. The predicted molar refractivity (Wildman–Crippen MR) is 56.4 cm³/mol. The number of nitrogens with one attached hydrogen (secondary N) is 1. The molecule has 0 aliphatic carbocycles. The minimum Gasteiger partial charge on any atom is -0.305 e. The summed E-state index contributed by atoms with van der Waals surface area (Å²) in [5.74, 6) is -0.574. The normalized spacial score (nSPS) is 25.5. The quantitative estimate of drug-likeness (QED) is 0.753. The van der Waals surface area contributed by atoms with Gasteiger partial charge in [0, 0.05) is 0 Å². The van der Waals surface area contributed by atoms with Crippen molar-refractivity contribution in [2.45, 2.75) is 25.3 Å². The second kappa shape index (κ2) is 3.74. The second-order valence-corrected chi connectivity index (χ2v) is 4.17. The van der Waals surface area contributed by atoms with Gasteiger partial charge in [-0.05, 0) is 38.4 Å². The standard InChI is InChI=1S/C12H14FNO/c1-12(7-4-8-14-12)11(15)9-5-2-3-6-10(9)13/h2-3,5-6,14H,4,7-8H2,1H3. The summed E-state index contributed by atoms with van der Waals surface area (Å²) >= 11 is 0. The van der Waals surface area contributed by atoms with E-state index in [1.165, 1.54) is 6.07 Å². The highest BCUT2D eigenvalue weighted by molar-refractivity contribution is 6.03. The molecule has 1 aromatic rings. The van der Waals surface area contributed by atoms with E-state index in [1.54, 1.807) is 18.2 Å². The van der Waals surface area contributed by atoms with E-state index in [9.17, 15) is 9.18 Å². The van der Waals surface area contributed by atoms with Gasteiger partial charge in [0.05, 0.1) is 11.1 Å². The molecule has 1 heterocycles. The first kappa shape index (κ1) is 10.3. The Morgan fingerprint density at radius 3 is 2.80 bits per heavy atom. The lowest BCUT2D eigenvalue weighted by atomic mass is 9.89. The molecule has 0 radical (unpaired) electrons. The molecule has 1 saturated heterocycles. The number of hydrogen-bond donors (Lipinski definition) is 1. The van der Waals surface area contributed by atoms with Gasteiger partial charge in [-0.2, -0.15) is 0 Å². The summed E-state index contributed by atoms with van der Waals surface area (Å²) in [4.78, 5) is 12.1. The Morgan fingerprint density at radius 1 is 1.47 bits per heavy atom. The van der Waals surface area contributed by atoms with E-state index >= 15 is 0 Å². The maximum atomic E-state index is 13.4. The third-order valence-corrected chi connectivity index (χ3v) is 2.99. The highest BCUT2D eigenvalue weighted by Crippen LogP contribution is 2.24. The zero-order valence-electron chi connectivity index (χ0n) is 8.72. The van der Waals surface area contributed by atoms with Crippen molar-refractivity contribution in [3.05, 3.63) is 35.6 Å². The Labute approximate surface area is 88.5 Å². The van der Waals surface area contributed by atoms with Crippen LogP contribution < -0.4 is 5.32 Å². The third-order valence-electron chi connectivity index (χ3n) is 2.99. The Hall–Kier alpha value is -1.22. The first-order valence-corrected chi connectivity index (χ1v) is 5.18. The van der Waals surface area contributed by atoms with E-state index in [-0.39, 0.29) is 11.3 Å². The number of carbonyl (C=O) groups is 1. The zero-order chi connectivity index (χ0) is 10.9. The van der Waals surface area contributed by atoms with E-state index < -0.39 is 11.4 Å². The average molecular weight is 207 g/mol. The zero-order valence-corrected chi connectivity index (χ0v) is 8.72. The summed E-state index contributed by atoms with van der Waals surface area (Å²) < 4.78 is 13.4. The Balaban J connectivity index is 2.32. The molecule has 0 aromatic heterocycles. The van der Waals surface area contributed by atoms with E-state index in [2.05, 4.69) is 5.32 Å². The van der Waals surface area contributed by atoms with Crippen LogP contribution in [0.5, 0.6) is 0 Å². The van der Waals surface area contributed by atoms with Gasteiger partial charge in [-0.1, -0.05) is 12.1 Å². The summed E-state index contributed by atoms with van der Waals surface area (Å²) in [6.07, 6.45) is 1.75. The highest BCUT2D eigenvalue weighted by atomic mass is 19.1. The van der Waals surface area contributed by atoms with Crippen molar-refractivity contribution < 1.29 is 9.18 Å². The van der Waals surface area contributed by atoms with Gasteiger partial charge in [0.25, 0.3) is 0 Å². The topological polar surface area (TPSA) is 29.1 Å². The first-order valence-electron chi connectivity index (χ1n) is 5.18. The number of hydrogen-bond acceptors (Lipinski definition) is 2. The summed E-state index contributed by atoms with van der Waals surface area (Å²) in [5, 5.41) is 3.14. The molecule has 1 aliphatic heterocycles. The molecule has 2 nitrogen and oxygen atoms in total. The van der Waals surface area contributed by atoms with Gasteiger partial charge in [-0.25, -0.2) is 4.39 Å². The lowest BCUT2D eigenvalue weighted by Gasteiger charge is -2.22. The molecule has 1 fully saturated rings. The van der Waals surface area contributed by atoms with Gasteiger partial charge in [0.1, 0.15) is 5.82 Å². The molecule has 1 atom stereocenters. The van der Waals surface area contributed by atoms with Crippen LogP contribution in [-0.2, 0) is 0 Å². The van der Waals surface area contributed by atoms with E-state index in [0.717, 1.165) is 19.4 Å². The fraction of sp³-hybridized carbons (Fsp3) is 0.417. The molecule has 0 amide bonds. The maximum Gasteiger partial charge on any atom is 0.185 e. The SMILES string of the molecule is CC1(C(=O)c2ccccc2F)CCCN1. The van der Waals surface area contributed by atoms with Gasteiger partial charge in [0.15, 0.2) is 5.78 Å². The molecule has 1 aliphatic rings. The van der Waals surface area contributed by atoms with Crippen molar-refractivity contribution in [2.75, 3.05) is 6.54 Å². The molecule has 1 N–H and O–H groups in total. The third kappa shape index (κ3) is 1.79. The van der Waals surface area contributed by atoms with Crippen molar-refractivity contribution in [2.24, 2.45) is 0 Å². The Bertz CT molecular complexity index is 383.